The van der Waals surface area contributed by atoms with Gasteiger partial charge in [0.25, 0.3) is 27.8 Å². The first-order valence-corrected chi connectivity index (χ1v) is 43.4. The van der Waals surface area contributed by atoms with Crippen LogP contribution in [-0.2, 0) is 41.7 Å². The van der Waals surface area contributed by atoms with E-state index in [9.17, 15) is 29.1 Å². The minimum absolute atomic E-state index is 0. The number of nitrogens with zero attached hydrogens (tertiary/aromatic N) is 26. The zero-order valence-electron chi connectivity index (χ0n) is 75.2. The van der Waals surface area contributed by atoms with Crippen LogP contribution in [0.5, 0.6) is 0 Å². The lowest BCUT2D eigenvalue weighted by molar-refractivity contribution is 0.190. The second-order valence-electron chi connectivity index (χ2n) is 32.5. The van der Waals surface area contributed by atoms with E-state index in [1.807, 2.05) is 331 Å². The molecule has 0 bridgehead atoms. The van der Waals surface area contributed by atoms with Crippen molar-refractivity contribution in [3.05, 3.63) is 409 Å². The molecule has 0 saturated heterocycles. The molecule has 17 aromatic heterocycles. The first-order chi connectivity index (χ1) is 65.5. The summed E-state index contributed by atoms with van der Waals surface area (Å²) >= 11 is 0. The summed E-state index contributed by atoms with van der Waals surface area (Å²) in [5.74, 6) is 0.616. The molecule has 35 nitrogen and oxygen atoms in total. The molecule has 138 heavy (non-hydrogen) atoms. The number of benzene rings is 5. The number of rotatable bonds is 18. The highest BCUT2D eigenvalue weighted by Gasteiger charge is 2.27. The van der Waals surface area contributed by atoms with Crippen molar-refractivity contribution in [2.75, 3.05) is 5.32 Å². The number of nitrogens with two attached hydrogens (primary N) is 1. The van der Waals surface area contributed by atoms with Gasteiger partial charge in [-0.2, -0.15) is 25.5 Å². The van der Waals surface area contributed by atoms with Gasteiger partial charge in [0, 0.05) is 229 Å². The zero-order chi connectivity index (χ0) is 94.0. The molecule has 5 N–H and O–H groups in total. The van der Waals surface area contributed by atoms with E-state index < -0.39 is 12.1 Å². The number of hydrogen-bond acceptors (Lipinski definition) is 17. The van der Waals surface area contributed by atoms with Crippen LogP contribution in [-0.4, -0.2) is 119 Å². The van der Waals surface area contributed by atoms with Gasteiger partial charge in [-0.3, -0.25) is 70.2 Å². The Bertz CT molecular complexity index is 8290. The van der Waals surface area contributed by atoms with E-state index in [0.717, 1.165) is 108 Å². The molecule has 22 aromatic rings. The highest BCUT2D eigenvalue weighted by atomic mass is 16.3. The van der Waals surface area contributed by atoms with E-state index in [2.05, 4.69) is 67.7 Å². The van der Waals surface area contributed by atoms with Crippen molar-refractivity contribution in [1.29, 1.82) is 0 Å². The van der Waals surface area contributed by atoms with Crippen LogP contribution in [0.1, 0.15) is 110 Å². The SMILES string of the molecule is C.C.C.CC(N)c1cn2ccc(-c3cnn(C)c3)c2c(=O)n1-c1ccccc1.CC(N=[N+]=[N-])c1cn2ccc(-c3cnn(C)c3)c2c(=O)n1-c1ccccc1.CC(Nc1ncnc2nc[nH]c12)c1cn2ccc(-c3cnn(C)c3)c2c(=O)n1-c1ccccc1.CC(O)c1cn2ccc(-c3cnn(C)c3)c2c(=O)n1-c1ccccc1.CCc1cn2ccc(-c3cnn(C)c3)c2c(=O)n1-c1ccccc1. The van der Waals surface area contributed by atoms with Crippen LogP contribution >= 0.6 is 0 Å². The Labute approximate surface area is 791 Å². The van der Waals surface area contributed by atoms with E-state index in [1.54, 1.807) is 112 Å². The molecule has 0 amide bonds. The van der Waals surface area contributed by atoms with Gasteiger partial charge in [0.05, 0.1) is 78.3 Å². The Balaban J connectivity index is 0.000000131. The van der Waals surface area contributed by atoms with Gasteiger partial charge in [-0.05, 0) is 124 Å². The number of nitrogens with one attached hydrogen (secondary N) is 2. The minimum atomic E-state index is -0.776. The quantitative estimate of drug-likeness (QED) is 0.0352. The number of aromatic nitrogens is 24. The number of azide groups is 1. The number of hydrogen-bond donors (Lipinski definition) is 4. The summed E-state index contributed by atoms with van der Waals surface area (Å²) in [5, 5.41) is 38.5. The standard InChI is InChI=1S/C24H21N9O.C19H17N7O.C19H19N5O.C19H18N4O2.C19H18N4O.3CH4/c1-15(30-23-20-22(26-13-25-20)27-14-28-23)19-12-32-9-8-18(16-10-29-31(2)11-16)21(32)24(34)33(19)17-6-4-3-5-7-17;1-13(22-23-20)17-12-25-9-8-16(14-10-21-24(2)11-14)18(25)19(27)26(17)15-6-4-3-5-7-15;1-13(20)17-12-23-9-8-16(14-10-21-22(2)11-14)18(23)19(25)24(17)15-6-4-3-5-7-15;1-13(24)17-12-22-9-8-16(14-10-20-21(2)11-14)18(22)19(25)23(17)15-6-4-3-5-7-15;1-3-15-13-22-10-9-17(14-11-20-21(2)12-14)18(22)19(24)23(15)16-7-5-4-6-8-16;;;/h3-15H,1-2H3,(H2,25,26,27,28,30);3-13H,1-2H3;3-13H,20H2,1-2H3;3-13,24H,1-2H3;4-13H,3H2,1-2H3;3*1H4. The van der Waals surface area contributed by atoms with Crippen LogP contribution in [0, 0.1) is 0 Å². The smallest absolute Gasteiger partial charge is 0.280 e. The van der Waals surface area contributed by atoms with Gasteiger partial charge in [-0.25, -0.2) is 15.0 Å². The molecule has 5 aromatic carbocycles. The van der Waals surface area contributed by atoms with Crippen LogP contribution < -0.4 is 38.8 Å². The summed E-state index contributed by atoms with van der Waals surface area (Å²) in [6.45, 7) is 9.36. The van der Waals surface area contributed by atoms with Gasteiger partial charge < -0.3 is 43.1 Å². The molecule has 0 aliphatic rings. The largest absolute Gasteiger partial charge is 0.387 e. The lowest BCUT2D eigenvalue weighted by atomic mass is 10.1. The third-order valence-electron chi connectivity index (χ3n) is 23.4. The maximum absolute atomic E-state index is 14.0. The summed E-state index contributed by atoms with van der Waals surface area (Å²) in [4.78, 5) is 86.2. The van der Waals surface area contributed by atoms with E-state index >= 15 is 0 Å². The predicted molar refractivity (Wildman–Crippen MR) is 540 cm³/mol. The number of H-pyrrole nitrogens is 1. The van der Waals surface area contributed by atoms with Gasteiger partial charge in [-0.1, -0.05) is 132 Å². The van der Waals surface area contributed by atoms with E-state index in [4.69, 9.17) is 11.3 Å². The number of imidazole rings is 1. The molecular formula is C103H105N29O6. The zero-order valence-corrected chi connectivity index (χ0v) is 75.2. The second kappa shape index (κ2) is 40.3. The average Bonchev–Trinajstić information content (AvgIpc) is 1.64. The molecule has 0 aliphatic carbocycles. The third kappa shape index (κ3) is 18.4. The Morgan fingerprint density at radius 2 is 0.688 bits per heavy atom. The molecule has 4 unspecified atom stereocenters. The van der Waals surface area contributed by atoms with Crippen LogP contribution in [0.4, 0.5) is 5.82 Å². The first kappa shape index (κ1) is 94.8. The lowest BCUT2D eigenvalue weighted by Crippen LogP contribution is -2.27. The minimum Gasteiger partial charge on any atom is -0.387 e. The molecule has 0 saturated carbocycles. The average molecular weight is 1850 g/mol. The van der Waals surface area contributed by atoms with Crippen molar-refractivity contribution in [2.24, 2.45) is 46.1 Å². The maximum atomic E-state index is 14.0. The van der Waals surface area contributed by atoms with E-state index in [-0.39, 0.29) is 62.2 Å². The van der Waals surface area contributed by atoms with Crippen molar-refractivity contribution in [2.45, 2.75) is 87.5 Å². The fourth-order valence-corrected chi connectivity index (χ4v) is 17.0. The Morgan fingerprint density at radius 1 is 0.391 bits per heavy atom. The Kier molecular flexibility index (Phi) is 27.7. The summed E-state index contributed by atoms with van der Waals surface area (Å²) in [5.41, 5.74) is 35.0. The van der Waals surface area contributed by atoms with Gasteiger partial charge in [0.2, 0.25) is 0 Å². The fraction of sp³-hybridized carbons (Fsp3) is 0.175. The number of aromatic amines is 1. The van der Waals surface area contributed by atoms with Crippen molar-refractivity contribution >= 4 is 44.6 Å². The molecule has 0 aliphatic heterocycles. The lowest BCUT2D eigenvalue weighted by Gasteiger charge is -2.21. The predicted octanol–water partition coefficient (Wildman–Crippen LogP) is 17.2. The third-order valence-corrected chi connectivity index (χ3v) is 23.4. The molecule has 17 heterocycles. The first-order valence-electron chi connectivity index (χ1n) is 43.4. The van der Waals surface area contributed by atoms with Crippen molar-refractivity contribution in [1.82, 2.24) is 114 Å². The number of fused-ring (bicyclic) bond motifs is 6. The van der Waals surface area contributed by atoms with Crippen molar-refractivity contribution in [3.8, 4) is 84.1 Å². The molecule has 22 rings (SSSR count). The number of anilines is 1. The number of aliphatic hydroxyl groups excluding tert-OH is 1. The second-order valence-corrected chi connectivity index (χ2v) is 32.5. The van der Waals surface area contributed by atoms with Gasteiger partial charge in [-0.15, -0.1) is 0 Å². The van der Waals surface area contributed by atoms with E-state index in [0.29, 0.717) is 56.0 Å². The van der Waals surface area contributed by atoms with Crippen molar-refractivity contribution in [3.63, 3.8) is 0 Å². The fourth-order valence-electron chi connectivity index (χ4n) is 17.0. The topological polar surface area (TPSA) is 383 Å². The highest BCUT2D eigenvalue weighted by molar-refractivity contribution is 5.85. The molecule has 0 spiro atoms. The normalized spacial score (nSPS) is 11.9. The van der Waals surface area contributed by atoms with Crippen molar-refractivity contribution < 1.29 is 5.11 Å². The van der Waals surface area contributed by atoms with Gasteiger partial charge in [0.1, 0.15) is 39.4 Å². The summed E-state index contributed by atoms with van der Waals surface area (Å²) in [6.07, 6.45) is 40.3. The Morgan fingerprint density at radius 3 is 1.01 bits per heavy atom. The van der Waals surface area contributed by atoms with Crippen LogP contribution in [0.3, 0.4) is 0 Å². The molecule has 0 fully saturated rings. The van der Waals surface area contributed by atoms with Crippen LogP contribution in [0.25, 0.3) is 133 Å². The van der Waals surface area contributed by atoms with Crippen LogP contribution in [0.2, 0.25) is 0 Å². The number of para-hydroxylation sites is 5. The molecule has 0 radical (unpaired) electrons. The molecular weight excluding hydrogens is 1740 g/mol. The summed E-state index contributed by atoms with van der Waals surface area (Å²) in [7, 11) is 9.27. The van der Waals surface area contributed by atoms with E-state index in [1.165, 1.54) is 6.33 Å². The molecule has 698 valence electrons. The van der Waals surface area contributed by atoms with Gasteiger partial charge >= 0.3 is 0 Å². The number of aryl methyl sites for hydroxylation is 6. The monoisotopic (exact) mass is 1840 g/mol. The highest BCUT2D eigenvalue weighted by Crippen LogP contribution is 2.34. The molecule has 4 atom stereocenters. The van der Waals surface area contributed by atoms with Gasteiger partial charge in [0.15, 0.2) is 11.5 Å². The van der Waals surface area contributed by atoms with Crippen LogP contribution in [0.15, 0.2) is 348 Å². The number of aliphatic hydroxyl groups is 1. The summed E-state index contributed by atoms with van der Waals surface area (Å²) in [6, 6.07) is 56.3. The summed E-state index contributed by atoms with van der Waals surface area (Å²) < 4.78 is 26.2. The maximum Gasteiger partial charge on any atom is 0.280 e. The molecule has 35 heteroatoms. The Hall–Kier alpha value is -17.8.